The van der Waals surface area contributed by atoms with E-state index in [1.54, 1.807) is 6.92 Å². The molecular weight excluding hydrogens is 213 g/mol. The van der Waals surface area contributed by atoms with E-state index in [0.29, 0.717) is 10.2 Å². The molecule has 60 valence electrons. The SMILES string of the molecule is CC(O)c1ncc(F)cc1Br. The number of rotatable bonds is 1. The Bertz CT molecular complexity index is 265. The second-order valence-electron chi connectivity index (χ2n) is 2.20. The van der Waals surface area contributed by atoms with Crippen LogP contribution in [0.3, 0.4) is 0 Å². The summed E-state index contributed by atoms with van der Waals surface area (Å²) in [5.41, 5.74) is 0.450. The van der Waals surface area contributed by atoms with Gasteiger partial charge in [-0.05, 0) is 28.9 Å². The van der Waals surface area contributed by atoms with Crippen LogP contribution in [0.15, 0.2) is 16.7 Å². The monoisotopic (exact) mass is 219 g/mol. The Hall–Kier alpha value is -0.480. The summed E-state index contributed by atoms with van der Waals surface area (Å²) in [5, 5.41) is 9.08. The van der Waals surface area contributed by atoms with Gasteiger partial charge < -0.3 is 5.11 Å². The smallest absolute Gasteiger partial charge is 0.142 e. The van der Waals surface area contributed by atoms with Crippen molar-refractivity contribution in [3.8, 4) is 0 Å². The summed E-state index contributed by atoms with van der Waals surface area (Å²) in [5.74, 6) is -0.415. The van der Waals surface area contributed by atoms with Gasteiger partial charge in [-0.3, -0.25) is 4.98 Å². The number of halogens is 2. The molecule has 0 aliphatic rings. The summed E-state index contributed by atoms with van der Waals surface area (Å²) < 4.78 is 12.9. The van der Waals surface area contributed by atoms with Crippen LogP contribution in [0.5, 0.6) is 0 Å². The van der Waals surface area contributed by atoms with Crippen molar-refractivity contribution in [3.05, 3.63) is 28.2 Å². The Morgan fingerprint density at radius 1 is 1.73 bits per heavy atom. The highest BCUT2D eigenvalue weighted by molar-refractivity contribution is 9.10. The number of aliphatic hydroxyl groups is 1. The first-order valence-electron chi connectivity index (χ1n) is 3.10. The zero-order valence-corrected chi connectivity index (χ0v) is 7.47. The van der Waals surface area contributed by atoms with Crippen molar-refractivity contribution in [2.24, 2.45) is 0 Å². The second kappa shape index (κ2) is 3.28. The van der Waals surface area contributed by atoms with Gasteiger partial charge in [0, 0.05) is 4.47 Å². The van der Waals surface area contributed by atoms with Crippen LogP contribution in [0.1, 0.15) is 18.7 Å². The Morgan fingerprint density at radius 3 is 2.82 bits per heavy atom. The molecule has 1 unspecified atom stereocenters. The van der Waals surface area contributed by atoms with Crippen LogP contribution in [0.4, 0.5) is 4.39 Å². The average molecular weight is 220 g/mol. The van der Waals surface area contributed by atoms with E-state index >= 15 is 0 Å². The van der Waals surface area contributed by atoms with E-state index in [9.17, 15) is 4.39 Å². The van der Waals surface area contributed by atoms with Gasteiger partial charge in [0.2, 0.25) is 0 Å². The molecule has 2 nitrogen and oxygen atoms in total. The lowest BCUT2D eigenvalue weighted by molar-refractivity contribution is 0.193. The van der Waals surface area contributed by atoms with Crippen LogP contribution in [0.25, 0.3) is 0 Å². The Morgan fingerprint density at radius 2 is 2.36 bits per heavy atom. The number of nitrogens with zero attached hydrogens (tertiary/aromatic N) is 1. The molecule has 4 heteroatoms. The first-order valence-corrected chi connectivity index (χ1v) is 3.89. The topological polar surface area (TPSA) is 33.1 Å². The maximum absolute atomic E-state index is 12.4. The summed E-state index contributed by atoms with van der Waals surface area (Å²) in [6.45, 7) is 1.57. The third kappa shape index (κ3) is 1.97. The van der Waals surface area contributed by atoms with E-state index in [1.807, 2.05) is 0 Å². The van der Waals surface area contributed by atoms with E-state index in [-0.39, 0.29) is 0 Å². The largest absolute Gasteiger partial charge is 0.387 e. The number of pyridine rings is 1. The van der Waals surface area contributed by atoms with Crippen molar-refractivity contribution in [2.75, 3.05) is 0 Å². The zero-order valence-electron chi connectivity index (χ0n) is 5.88. The van der Waals surface area contributed by atoms with Gasteiger partial charge in [0.1, 0.15) is 5.82 Å². The molecule has 1 rings (SSSR count). The average Bonchev–Trinajstić information content (AvgIpc) is 1.85. The van der Waals surface area contributed by atoms with Crippen molar-refractivity contribution in [1.82, 2.24) is 4.98 Å². The number of aliphatic hydroxyl groups excluding tert-OH is 1. The molecule has 0 radical (unpaired) electrons. The summed E-state index contributed by atoms with van der Waals surface area (Å²) in [7, 11) is 0. The quantitative estimate of drug-likeness (QED) is 0.785. The molecule has 1 atom stereocenters. The maximum Gasteiger partial charge on any atom is 0.142 e. The minimum atomic E-state index is -0.676. The van der Waals surface area contributed by atoms with Crippen LogP contribution in [-0.4, -0.2) is 10.1 Å². The maximum atomic E-state index is 12.4. The van der Waals surface area contributed by atoms with Crippen LogP contribution in [0.2, 0.25) is 0 Å². The summed E-state index contributed by atoms with van der Waals surface area (Å²) in [4.78, 5) is 3.71. The van der Waals surface area contributed by atoms with Crippen LogP contribution >= 0.6 is 15.9 Å². The van der Waals surface area contributed by atoms with Crippen LogP contribution in [0, 0.1) is 5.82 Å². The fourth-order valence-corrected chi connectivity index (χ4v) is 1.38. The molecule has 1 N–H and O–H groups in total. The van der Waals surface area contributed by atoms with Gasteiger partial charge in [-0.25, -0.2) is 4.39 Å². The van der Waals surface area contributed by atoms with E-state index in [0.717, 1.165) is 6.20 Å². The lowest BCUT2D eigenvalue weighted by atomic mass is 10.2. The molecule has 0 saturated carbocycles. The molecule has 0 aromatic carbocycles. The molecule has 0 bridgehead atoms. The molecule has 11 heavy (non-hydrogen) atoms. The van der Waals surface area contributed by atoms with Crippen LogP contribution < -0.4 is 0 Å². The molecule has 0 amide bonds. The van der Waals surface area contributed by atoms with E-state index in [4.69, 9.17) is 5.11 Å². The standard InChI is InChI=1S/C7H7BrFNO/c1-4(11)7-6(8)2-5(9)3-10-7/h2-4,11H,1H3. The highest BCUT2D eigenvalue weighted by atomic mass is 79.9. The zero-order chi connectivity index (χ0) is 8.43. The fraction of sp³-hybridized carbons (Fsp3) is 0.286. The number of hydrogen-bond acceptors (Lipinski definition) is 2. The van der Waals surface area contributed by atoms with Crippen molar-refractivity contribution in [1.29, 1.82) is 0 Å². The van der Waals surface area contributed by atoms with Gasteiger partial charge in [0.05, 0.1) is 18.0 Å². The van der Waals surface area contributed by atoms with Crippen molar-refractivity contribution in [3.63, 3.8) is 0 Å². The third-order valence-electron chi connectivity index (χ3n) is 1.23. The normalized spacial score (nSPS) is 13.1. The lowest BCUT2D eigenvalue weighted by Crippen LogP contribution is -1.97. The Balaban J connectivity index is 3.09. The Kier molecular flexibility index (Phi) is 2.57. The minimum absolute atomic E-state index is 0.415. The highest BCUT2D eigenvalue weighted by Gasteiger charge is 2.07. The van der Waals surface area contributed by atoms with E-state index in [1.165, 1.54) is 6.07 Å². The predicted octanol–water partition coefficient (Wildman–Crippen LogP) is 2.04. The lowest BCUT2D eigenvalue weighted by Gasteiger charge is -2.04. The molecule has 1 aromatic rings. The highest BCUT2D eigenvalue weighted by Crippen LogP contribution is 2.20. The van der Waals surface area contributed by atoms with E-state index in [2.05, 4.69) is 20.9 Å². The van der Waals surface area contributed by atoms with Crippen LogP contribution in [-0.2, 0) is 0 Å². The Labute approximate surface area is 72.2 Å². The van der Waals surface area contributed by atoms with Crippen molar-refractivity contribution < 1.29 is 9.50 Å². The van der Waals surface area contributed by atoms with Gasteiger partial charge in [-0.15, -0.1) is 0 Å². The van der Waals surface area contributed by atoms with Gasteiger partial charge >= 0.3 is 0 Å². The first kappa shape index (κ1) is 8.62. The first-order chi connectivity index (χ1) is 5.11. The van der Waals surface area contributed by atoms with Crippen molar-refractivity contribution >= 4 is 15.9 Å². The molecule has 0 aliphatic heterocycles. The van der Waals surface area contributed by atoms with Gasteiger partial charge in [0.25, 0.3) is 0 Å². The summed E-state index contributed by atoms with van der Waals surface area (Å²) in [6, 6.07) is 1.27. The summed E-state index contributed by atoms with van der Waals surface area (Å²) >= 11 is 3.09. The molecule has 0 spiro atoms. The third-order valence-corrected chi connectivity index (χ3v) is 1.87. The second-order valence-corrected chi connectivity index (χ2v) is 3.05. The van der Waals surface area contributed by atoms with Gasteiger partial charge in [-0.1, -0.05) is 0 Å². The molecular formula is C7H7BrFNO. The van der Waals surface area contributed by atoms with Gasteiger partial charge in [0.15, 0.2) is 0 Å². The predicted molar refractivity (Wildman–Crippen MR) is 42.5 cm³/mol. The summed E-state index contributed by atoms with van der Waals surface area (Å²) in [6.07, 6.45) is 0.400. The molecule has 1 aromatic heterocycles. The van der Waals surface area contributed by atoms with E-state index < -0.39 is 11.9 Å². The molecule has 0 aliphatic carbocycles. The molecule has 1 heterocycles. The number of aromatic nitrogens is 1. The number of hydrogen-bond donors (Lipinski definition) is 1. The van der Waals surface area contributed by atoms with Crippen molar-refractivity contribution in [2.45, 2.75) is 13.0 Å². The van der Waals surface area contributed by atoms with Gasteiger partial charge in [-0.2, -0.15) is 0 Å². The molecule has 0 fully saturated rings. The fourth-order valence-electron chi connectivity index (χ4n) is 0.733. The minimum Gasteiger partial charge on any atom is -0.387 e. The molecule has 0 saturated heterocycles.